The molecule has 1 aromatic carbocycles. The van der Waals surface area contributed by atoms with Gasteiger partial charge in [0, 0.05) is 30.3 Å². The number of halogens is 1. The summed E-state index contributed by atoms with van der Waals surface area (Å²) in [4.78, 5) is 28.3. The van der Waals surface area contributed by atoms with Gasteiger partial charge in [-0.3, -0.25) is 9.59 Å². The highest BCUT2D eigenvalue weighted by Crippen LogP contribution is 2.39. The second kappa shape index (κ2) is 8.01. The molecule has 2 amide bonds. The molecule has 1 aromatic heterocycles. The summed E-state index contributed by atoms with van der Waals surface area (Å²) in [6.07, 6.45) is 3.93. The van der Waals surface area contributed by atoms with E-state index in [-0.39, 0.29) is 30.3 Å². The molecule has 2 bridgehead atoms. The zero-order chi connectivity index (χ0) is 18.4. The van der Waals surface area contributed by atoms with E-state index in [0.717, 1.165) is 40.9 Å². The minimum absolute atomic E-state index is 0. The van der Waals surface area contributed by atoms with Crippen molar-refractivity contribution in [3.05, 3.63) is 35.2 Å². The van der Waals surface area contributed by atoms with Crippen LogP contribution in [-0.4, -0.2) is 48.4 Å². The predicted molar refractivity (Wildman–Crippen MR) is 114 cm³/mol. The molecule has 150 valence electrons. The molecule has 0 aliphatic carbocycles. The maximum Gasteiger partial charge on any atom is 0.261 e. The van der Waals surface area contributed by atoms with Gasteiger partial charge < -0.3 is 15.5 Å². The Kier molecular flexibility index (Phi) is 5.63. The first-order valence-electron chi connectivity index (χ1n) is 9.99. The summed E-state index contributed by atoms with van der Waals surface area (Å²) in [6, 6.07) is 10.5. The number of hydrogen-bond acceptors (Lipinski definition) is 4. The summed E-state index contributed by atoms with van der Waals surface area (Å²) in [5.41, 5.74) is 0. The topological polar surface area (TPSA) is 61.4 Å². The van der Waals surface area contributed by atoms with Gasteiger partial charge in [-0.25, -0.2) is 0 Å². The van der Waals surface area contributed by atoms with Crippen LogP contribution in [0.1, 0.15) is 35.4 Å². The Morgan fingerprint density at radius 1 is 1.25 bits per heavy atom. The van der Waals surface area contributed by atoms with Crippen LogP contribution in [0.5, 0.6) is 0 Å². The average Bonchev–Trinajstić information content (AvgIpc) is 3.13. The quantitative estimate of drug-likeness (QED) is 0.803. The molecule has 3 aliphatic heterocycles. The van der Waals surface area contributed by atoms with Gasteiger partial charge in [-0.1, -0.05) is 18.2 Å². The number of amides is 2. The molecule has 5 rings (SSSR count). The number of carbonyl (C=O) groups is 2. The minimum atomic E-state index is -0.0249. The molecular formula is C21H26ClN3O2S. The normalized spacial score (nSPS) is 29.1. The van der Waals surface area contributed by atoms with E-state index in [0.29, 0.717) is 30.8 Å². The van der Waals surface area contributed by atoms with Gasteiger partial charge in [0.2, 0.25) is 5.91 Å². The summed E-state index contributed by atoms with van der Waals surface area (Å²) in [5, 5.41) is 7.80. The summed E-state index contributed by atoms with van der Waals surface area (Å²) < 4.78 is 1.13. The number of nitrogens with zero attached hydrogens (tertiary/aromatic N) is 1. The van der Waals surface area contributed by atoms with E-state index in [9.17, 15) is 9.59 Å². The number of benzene rings is 1. The van der Waals surface area contributed by atoms with Gasteiger partial charge in [0.25, 0.3) is 5.91 Å². The molecule has 4 atom stereocenters. The molecule has 0 radical (unpaired) electrons. The molecule has 3 aliphatic rings. The molecule has 0 saturated carbocycles. The van der Waals surface area contributed by atoms with E-state index in [4.69, 9.17) is 0 Å². The van der Waals surface area contributed by atoms with Gasteiger partial charge >= 0.3 is 0 Å². The number of hydrogen-bond donors (Lipinski definition) is 2. The van der Waals surface area contributed by atoms with Crippen LogP contribution in [-0.2, 0) is 4.79 Å². The minimum Gasteiger partial charge on any atom is -0.349 e. The smallest absolute Gasteiger partial charge is 0.261 e. The number of piperidine rings is 3. The second-order valence-electron chi connectivity index (χ2n) is 8.10. The SMILES string of the molecule is Cl.O=C(NC[C@H]1[C@@H]2CNC[C@@H](C2)[C@@H]2CCCC(=O)N21)c1cc2ccccc2s1. The summed E-state index contributed by atoms with van der Waals surface area (Å²) in [5.74, 6) is 1.26. The van der Waals surface area contributed by atoms with Crippen molar-refractivity contribution in [3.8, 4) is 0 Å². The Hall–Kier alpha value is -1.63. The van der Waals surface area contributed by atoms with Gasteiger partial charge in [-0.2, -0.15) is 0 Å². The Balaban J connectivity index is 0.00000192. The standard InChI is InChI=1S/C21H25N3O2S.ClH/c25-20-7-3-5-16-14-8-15(11-22-10-14)17(24(16)20)12-23-21(26)19-9-13-4-1-2-6-18(13)27-19;/h1-2,4,6,9,14-17,22H,3,5,7-8,10-12H2,(H,23,26);1H/t14-,15+,16+,17+;/m1./s1. The number of fused-ring (bicyclic) bond motifs is 5. The summed E-state index contributed by atoms with van der Waals surface area (Å²) >= 11 is 1.53. The van der Waals surface area contributed by atoms with Crippen LogP contribution in [0.4, 0.5) is 0 Å². The second-order valence-corrected chi connectivity index (χ2v) is 9.18. The third-order valence-electron chi connectivity index (χ3n) is 6.52. The van der Waals surface area contributed by atoms with Crippen LogP contribution >= 0.6 is 23.7 Å². The Labute approximate surface area is 175 Å². The predicted octanol–water partition coefficient (Wildman–Crippen LogP) is 3.04. The van der Waals surface area contributed by atoms with E-state index >= 15 is 0 Å². The third kappa shape index (κ3) is 3.42. The highest BCUT2D eigenvalue weighted by atomic mass is 35.5. The molecular weight excluding hydrogens is 394 g/mol. The highest BCUT2D eigenvalue weighted by molar-refractivity contribution is 7.20. The van der Waals surface area contributed by atoms with Gasteiger partial charge in [-0.15, -0.1) is 23.7 Å². The van der Waals surface area contributed by atoms with Crippen molar-refractivity contribution in [2.24, 2.45) is 11.8 Å². The molecule has 0 spiro atoms. The highest BCUT2D eigenvalue weighted by Gasteiger charge is 2.47. The zero-order valence-corrected chi connectivity index (χ0v) is 17.4. The van der Waals surface area contributed by atoms with Crippen LogP contribution in [0.2, 0.25) is 0 Å². The van der Waals surface area contributed by atoms with Crippen molar-refractivity contribution < 1.29 is 9.59 Å². The zero-order valence-electron chi connectivity index (χ0n) is 15.7. The molecule has 5 nitrogen and oxygen atoms in total. The van der Waals surface area contributed by atoms with Crippen LogP contribution in [0, 0.1) is 11.8 Å². The number of rotatable bonds is 3. The molecule has 3 fully saturated rings. The molecule has 2 aromatic rings. The van der Waals surface area contributed by atoms with Crippen molar-refractivity contribution >= 4 is 45.6 Å². The molecule has 3 saturated heterocycles. The fraction of sp³-hybridized carbons (Fsp3) is 0.524. The number of carbonyl (C=O) groups excluding carboxylic acids is 2. The van der Waals surface area contributed by atoms with Gasteiger partial charge in [0.1, 0.15) is 0 Å². The lowest BCUT2D eigenvalue weighted by Crippen LogP contribution is -2.66. The van der Waals surface area contributed by atoms with E-state index in [1.165, 1.54) is 17.8 Å². The summed E-state index contributed by atoms with van der Waals surface area (Å²) in [6.45, 7) is 2.51. The maximum atomic E-state index is 12.8. The van der Waals surface area contributed by atoms with Gasteiger partial charge in [0.15, 0.2) is 0 Å². The van der Waals surface area contributed by atoms with Crippen LogP contribution in [0.25, 0.3) is 10.1 Å². The first-order chi connectivity index (χ1) is 13.2. The van der Waals surface area contributed by atoms with Crippen LogP contribution in [0.15, 0.2) is 30.3 Å². The van der Waals surface area contributed by atoms with Crippen molar-refractivity contribution in [2.75, 3.05) is 19.6 Å². The lowest BCUT2D eigenvalue weighted by atomic mass is 9.72. The van der Waals surface area contributed by atoms with E-state index in [1.807, 2.05) is 30.3 Å². The fourth-order valence-electron chi connectivity index (χ4n) is 5.28. The Morgan fingerprint density at radius 2 is 2.07 bits per heavy atom. The van der Waals surface area contributed by atoms with E-state index < -0.39 is 0 Å². The lowest BCUT2D eigenvalue weighted by molar-refractivity contribution is -0.148. The molecule has 28 heavy (non-hydrogen) atoms. The molecule has 4 heterocycles. The van der Waals surface area contributed by atoms with Crippen LogP contribution < -0.4 is 10.6 Å². The van der Waals surface area contributed by atoms with E-state index in [2.05, 4.69) is 15.5 Å². The number of nitrogens with one attached hydrogen (secondary N) is 2. The summed E-state index contributed by atoms with van der Waals surface area (Å²) in [7, 11) is 0. The fourth-order valence-corrected chi connectivity index (χ4v) is 6.25. The van der Waals surface area contributed by atoms with Crippen molar-refractivity contribution in [2.45, 2.75) is 37.8 Å². The van der Waals surface area contributed by atoms with Crippen molar-refractivity contribution in [3.63, 3.8) is 0 Å². The number of thiophene rings is 1. The van der Waals surface area contributed by atoms with Crippen LogP contribution in [0.3, 0.4) is 0 Å². The van der Waals surface area contributed by atoms with E-state index in [1.54, 1.807) is 0 Å². The third-order valence-corrected chi connectivity index (χ3v) is 7.64. The molecule has 2 N–H and O–H groups in total. The monoisotopic (exact) mass is 419 g/mol. The molecule has 7 heteroatoms. The van der Waals surface area contributed by atoms with Crippen molar-refractivity contribution in [1.29, 1.82) is 0 Å². The first kappa shape index (κ1) is 19.7. The van der Waals surface area contributed by atoms with Gasteiger partial charge in [0.05, 0.1) is 10.9 Å². The molecule has 0 unspecified atom stereocenters. The Morgan fingerprint density at radius 3 is 2.93 bits per heavy atom. The lowest BCUT2D eigenvalue weighted by Gasteiger charge is -2.54. The first-order valence-corrected chi connectivity index (χ1v) is 10.8. The Bertz CT molecular complexity index is 852. The largest absolute Gasteiger partial charge is 0.349 e. The van der Waals surface area contributed by atoms with Crippen molar-refractivity contribution in [1.82, 2.24) is 15.5 Å². The maximum absolute atomic E-state index is 12.8. The average molecular weight is 420 g/mol. The van der Waals surface area contributed by atoms with Gasteiger partial charge in [-0.05, 0) is 55.2 Å².